The first kappa shape index (κ1) is 22.9. The van der Waals surface area contributed by atoms with Crippen LogP contribution in [-0.2, 0) is 13.1 Å². The predicted octanol–water partition coefficient (Wildman–Crippen LogP) is 5.43. The zero-order valence-electron chi connectivity index (χ0n) is 19.4. The van der Waals surface area contributed by atoms with Crippen LogP contribution in [0.3, 0.4) is 0 Å². The van der Waals surface area contributed by atoms with E-state index in [9.17, 15) is 8.78 Å². The first-order valence-electron chi connectivity index (χ1n) is 11.9. The summed E-state index contributed by atoms with van der Waals surface area (Å²) in [6, 6.07) is 8.71. The van der Waals surface area contributed by atoms with E-state index in [2.05, 4.69) is 25.6 Å². The normalized spacial score (nSPS) is 13.6. The van der Waals surface area contributed by atoms with E-state index in [0.29, 0.717) is 52.3 Å². The van der Waals surface area contributed by atoms with Gasteiger partial charge in [-0.05, 0) is 30.9 Å². The number of aryl methyl sites for hydroxylation is 1. The van der Waals surface area contributed by atoms with Crippen molar-refractivity contribution < 1.29 is 8.78 Å². The van der Waals surface area contributed by atoms with Crippen LogP contribution in [0.2, 0.25) is 5.02 Å². The second-order valence-electron chi connectivity index (χ2n) is 9.06. The van der Waals surface area contributed by atoms with Gasteiger partial charge in [-0.1, -0.05) is 23.7 Å². The van der Waals surface area contributed by atoms with Crippen LogP contribution in [0.4, 0.5) is 14.6 Å². The molecule has 0 bridgehead atoms. The second kappa shape index (κ2) is 9.48. The van der Waals surface area contributed by atoms with Crippen LogP contribution < -0.4 is 10.6 Å². The van der Waals surface area contributed by atoms with Crippen LogP contribution in [0.25, 0.3) is 27.9 Å². The van der Waals surface area contributed by atoms with Gasteiger partial charge in [0.1, 0.15) is 0 Å². The molecule has 2 N–H and O–H groups in total. The van der Waals surface area contributed by atoms with Gasteiger partial charge in [0.15, 0.2) is 23.1 Å². The number of halogens is 3. The van der Waals surface area contributed by atoms with Crippen molar-refractivity contribution in [2.45, 2.75) is 38.4 Å². The molecule has 1 saturated carbocycles. The topological polar surface area (TPSA) is 72.1 Å². The Morgan fingerprint density at radius 3 is 2.75 bits per heavy atom. The zero-order valence-corrected chi connectivity index (χ0v) is 20.1. The summed E-state index contributed by atoms with van der Waals surface area (Å²) in [5, 5.41) is 7.43. The van der Waals surface area contributed by atoms with Gasteiger partial charge in [-0.25, -0.2) is 23.7 Å². The molecule has 3 aromatic heterocycles. The molecule has 1 aliphatic carbocycles. The van der Waals surface area contributed by atoms with Gasteiger partial charge in [0, 0.05) is 60.8 Å². The molecule has 2 aromatic carbocycles. The Hall–Kier alpha value is -3.56. The minimum Gasteiger partial charge on any atom is -0.367 e. The minimum absolute atomic E-state index is 0.328. The molecular weight excluding hydrogens is 484 g/mol. The fourth-order valence-corrected chi connectivity index (χ4v) is 4.58. The lowest BCUT2D eigenvalue weighted by molar-refractivity contribution is 0.510. The van der Waals surface area contributed by atoms with Crippen molar-refractivity contribution in [1.82, 2.24) is 29.2 Å². The molecule has 0 atom stereocenters. The average Bonchev–Trinajstić information content (AvgIpc) is 3.35. The lowest BCUT2D eigenvalue weighted by Crippen LogP contribution is -2.15. The molecule has 0 saturated heterocycles. The number of nitrogens with zero attached hydrogens (tertiary/aromatic N) is 5. The third kappa shape index (κ3) is 4.52. The first-order valence-corrected chi connectivity index (χ1v) is 12.3. The smallest absolute Gasteiger partial charge is 0.181 e. The third-order valence-corrected chi connectivity index (χ3v) is 6.77. The van der Waals surface area contributed by atoms with Crippen molar-refractivity contribution in [3.05, 3.63) is 77.5 Å². The number of rotatable bonds is 9. The maximum atomic E-state index is 14.3. The molecule has 1 aliphatic rings. The Morgan fingerprint density at radius 2 is 1.97 bits per heavy atom. The van der Waals surface area contributed by atoms with Crippen LogP contribution in [0.5, 0.6) is 0 Å². The second-order valence-corrected chi connectivity index (χ2v) is 9.47. The van der Waals surface area contributed by atoms with E-state index in [4.69, 9.17) is 11.6 Å². The highest BCUT2D eigenvalue weighted by molar-refractivity contribution is 6.31. The molecule has 10 heteroatoms. The zero-order chi connectivity index (χ0) is 24.6. The number of aromatic nitrogens is 5. The molecule has 1 fully saturated rings. The number of anilines is 1. The summed E-state index contributed by atoms with van der Waals surface area (Å²) < 4.78 is 32.2. The number of nitrogens with one attached hydrogen (secondary N) is 2. The number of fused-ring (bicyclic) bond motifs is 3. The van der Waals surface area contributed by atoms with E-state index in [0.717, 1.165) is 36.2 Å². The number of hydrogen-bond acceptors (Lipinski definition) is 5. The van der Waals surface area contributed by atoms with Gasteiger partial charge in [-0.2, -0.15) is 0 Å². The fourth-order valence-electron chi connectivity index (χ4n) is 4.33. The third-order valence-electron chi connectivity index (χ3n) is 6.42. The van der Waals surface area contributed by atoms with Crippen LogP contribution in [0.1, 0.15) is 24.8 Å². The summed E-state index contributed by atoms with van der Waals surface area (Å²) in [5.74, 6) is -1.38. The van der Waals surface area contributed by atoms with Gasteiger partial charge in [0.05, 0.1) is 29.3 Å². The van der Waals surface area contributed by atoms with Gasteiger partial charge < -0.3 is 15.2 Å². The van der Waals surface area contributed by atoms with Crippen molar-refractivity contribution in [2.24, 2.45) is 0 Å². The van der Waals surface area contributed by atoms with Gasteiger partial charge in [0.2, 0.25) is 0 Å². The van der Waals surface area contributed by atoms with E-state index >= 15 is 0 Å². The standard InChI is InChI=1S/C26H24ClF2N7/c27-19-10-16(2-3-17(19)13-32-18-4-5-18)24-14-33-26-25(31-6-1-8-35-9-7-30-15-35)34-22-11-20(28)21(29)12-23(22)36(24)26/h2-3,7,9-12,14-15,18,32H,1,4-6,8,13H2,(H,31,34). The quantitative estimate of drug-likeness (QED) is 0.260. The Balaban J connectivity index is 1.37. The molecule has 0 unspecified atom stereocenters. The summed E-state index contributed by atoms with van der Waals surface area (Å²) in [6.07, 6.45) is 10.4. The van der Waals surface area contributed by atoms with E-state index in [1.54, 1.807) is 23.1 Å². The van der Waals surface area contributed by atoms with Crippen LogP contribution in [0, 0.1) is 11.6 Å². The minimum atomic E-state index is -0.947. The summed E-state index contributed by atoms with van der Waals surface area (Å²) in [7, 11) is 0. The summed E-state index contributed by atoms with van der Waals surface area (Å²) in [6.45, 7) is 2.12. The van der Waals surface area contributed by atoms with E-state index < -0.39 is 11.6 Å². The van der Waals surface area contributed by atoms with Gasteiger partial charge in [0.25, 0.3) is 0 Å². The maximum absolute atomic E-state index is 14.3. The van der Waals surface area contributed by atoms with Crippen LogP contribution >= 0.6 is 11.6 Å². The molecule has 7 nitrogen and oxygen atoms in total. The van der Waals surface area contributed by atoms with E-state index in [1.165, 1.54) is 12.8 Å². The average molecular weight is 508 g/mol. The van der Waals surface area contributed by atoms with Crippen LogP contribution in [-0.4, -0.2) is 36.5 Å². The van der Waals surface area contributed by atoms with Crippen LogP contribution in [0.15, 0.2) is 55.2 Å². The Bertz CT molecular complexity index is 1540. The fraction of sp³-hybridized carbons (Fsp3) is 0.269. The molecule has 5 aromatic rings. The summed E-state index contributed by atoms with van der Waals surface area (Å²) >= 11 is 6.61. The van der Waals surface area contributed by atoms with Crippen molar-refractivity contribution in [3.8, 4) is 11.3 Å². The largest absolute Gasteiger partial charge is 0.367 e. The van der Waals surface area contributed by atoms with Gasteiger partial charge in [-0.3, -0.25) is 4.40 Å². The van der Waals surface area contributed by atoms with Crippen molar-refractivity contribution in [3.63, 3.8) is 0 Å². The van der Waals surface area contributed by atoms with Gasteiger partial charge >= 0.3 is 0 Å². The Labute approximate surface area is 211 Å². The molecule has 36 heavy (non-hydrogen) atoms. The Kier molecular flexibility index (Phi) is 6.02. The highest BCUT2D eigenvalue weighted by Gasteiger charge is 2.21. The lowest BCUT2D eigenvalue weighted by atomic mass is 10.1. The summed E-state index contributed by atoms with van der Waals surface area (Å²) in [5.41, 5.74) is 3.84. The van der Waals surface area contributed by atoms with Crippen molar-refractivity contribution in [1.29, 1.82) is 0 Å². The molecule has 184 valence electrons. The maximum Gasteiger partial charge on any atom is 0.181 e. The molecule has 0 aliphatic heterocycles. The van der Waals surface area contributed by atoms with E-state index in [-0.39, 0.29) is 0 Å². The summed E-state index contributed by atoms with van der Waals surface area (Å²) in [4.78, 5) is 13.2. The molecule has 0 amide bonds. The number of imidazole rings is 2. The van der Waals surface area contributed by atoms with Crippen molar-refractivity contribution >= 4 is 34.1 Å². The molecule has 0 radical (unpaired) electrons. The highest BCUT2D eigenvalue weighted by atomic mass is 35.5. The molecule has 3 heterocycles. The van der Waals surface area contributed by atoms with Gasteiger partial charge in [-0.15, -0.1) is 0 Å². The monoisotopic (exact) mass is 507 g/mol. The van der Waals surface area contributed by atoms with Crippen molar-refractivity contribution in [2.75, 3.05) is 11.9 Å². The Morgan fingerprint density at radius 1 is 1.11 bits per heavy atom. The number of benzene rings is 2. The number of hydrogen-bond donors (Lipinski definition) is 2. The highest BCUT2D eigenvalue weighted by Crippen LogP contribution is 2.32. The SMILES string of the molecule is Fc1cc2nc(NCCCn3ccnc3)c3ncc(-c4ccc(CNC5CC5)c(Cl)c4)n3c2cc1F. The molecule has 0 spiro atoms. The van der Waals surface area contributed by atoms with E-state index in [1.807, 2.05) is 29.0 Å². The lowest BCUT2D eigenvalue weighted by Gasteiger charge is -2.13. The molecular formula is C26H24ClF2N7. The first-order chi connectivity index (χ1) is 17.6. The predicted molar refractivity (Wildman–Crippen MR) is 136 cm³/mol. The molecule has 6 rings (SSSR count).